The maximum absolute atomic E-state index is 2.28. The van der Waals surface area contributed by atoms with E-state index in [0.29, 0.717) is 0 Å². The first-order valence-electron chi connectivity index (χ1n) is 6.25. The quantitative estimate of drug-likeness (QED) is 0.569. The minimum atomic E-state index is 0. The second-order valence-electron chi connectivity index (χ2n) is 3.98. The summed E-state index contributed by atoms with van der Waals surface area (Å²) in [7, 11) is 0. The van der Waals surface area contributed by atoms with Crippen molar-refractivity contribution < 1.29 is 17.1 Å². The van der Waals surface area contributed by atoms with Gasteiger partial charge in [-0.1, -0.05) is 27.2 Å². The molecule has 100 valence electrons. The van der Waals surface area contributed by atoms with E-state index in [1.807, 2.05) is 0 Å². The SMILES string of the molecule is CC[c-]1[cH-][cH-][c-](CC)[cH-]1.CC[c-]1cccc1.[Fe]. The van der Waals surface area contributed by atoms with Crippen LogP contribution in [0.3, 0.4) is 0 Å². The molecule has 0 bridgehead atoms. The van der Waals surface area contributed by atoms with E-state index < -0.39 is 0 Å². The van der Waals surface area contributed by atoms with Gasteiger partial charge in [-0.3, -0.25) is 0 Å². The van der Waals surface area contributed by atoms with Crippen molar-refractivity contribution in [2.75, 3.05) is 0 Å². The van der Waals surface area contributed by atoms with Crippen molar-refractivity contribution in [1.29, 1.82) is 0 Å². The van der Waals surface area contributed by atoms with Gasteiger partial charge in [0.05, 0.1) is 0 Å². The van der Waals surface area contributed by atoms with Crippen molar-refractivity contribution in [3.8, 4) is 0 Å². The van der Waals surface area contributed by atoms with E-state index in [2.05, 4.69) is 63.2 Å². The molecule has 0 atom stereocenters. The largest absolute Gasteiger partial charge is 0.745 e. The Morgan fingerprint density at radius 3 is 1.53 bits per heavy atom. The van der Waals surface area contributed by atoms with Gasteiger partial charge in [-0.15, -0.1) is 0 Å². The fraction of sp³-hybridized carbons (Fsp3) is 0.375. The normalized spacial score (nSPS) is 9.12. The molecule has 0 fully saturated rings. The Morgan fingerprint density at radius 1 is 0.824 bits per heavy atom. The minimum Gasteiger partial charge on any atom is -0.745 e. The molecule has 0 aliphatic rings. The number of rotatable bonds is 3. The van der Waals surface area contributed by atoms with E-state index in [9.17, 15) is 0 Å². The summed E-state index contributed by atoms with van der Waals surface area (Å²) in [5.41, 5.74) is 4.36. The van der Waals surface area contributed by atoms with Crippen LogP contribution in [0.2, 0.25) is 0 Å². The van der Waals surface area contributed by atoms with E-state index in [1.165, 1.54) is 29.5 Å². The standard InChI is InChI=1S/C9H13.C7H9.Fe/c1-3-8-5-6-9(4-2)7-8;1-2-7-5-3-4-6-7;/h5-7H,3-4H2,1-2H3;3-6H,2H2,1H3;/q-5;-1;. The molecule has 2 rings (SSSR count). The molecular formula is C16H22Fe-6. The van der Waals surface area contributed by atoms with E-state index >= 15 is 0 Å². The monoisotopic (exact) mass is 270 g/mol. The van der Waals surface area contributed by atoms with Crippen LogP contribution in [0.1, 0.15) is 37.5 Å². The molecule has 0 aliphatic heterocycles. The number of aryl methyl sites for hydroxylation is 3. The molecule has 0 unspecified atom stereocenters. The minimum absolute atomic E-state index is 0. The summed E-state index contributed by atoms with van der Waals surface area (Å²) < 4.78 is 0. The zero-order valence-corrected chi connectivity index (χ0v) is 12.1. The first-order valence-corrected chi connectivity index (χ1v) is 6.25. The number of hydrogen-bond acceptors (Lipinski definition) is 0. The van der Waals surface area contributed by atoms with Gasteiger partial charge in [0.1, 0.15) is 0 Å². The Balaban J connectivity index is 0.000000292. The van der Waals surface area contributed by atoms with Crippen molar-refractivity contribution in [2.24, 2.45) is 0 Å². The second-order valence-corrected chi connectivity index (χ2v) is 3.98. The Kier molecular flexibility index (Phi) is 8.84. The van der Waals surface area contributed by atoms with Crippen LogP contribution in [0.15, 0.2) is 42.5 Å². The predicted molar refractivity (Wildman–Crippen MR) is 72.2 cm³/mol. The van der Waals surface area contributed by atoms with Gasteiger partial charge in [-0.2, -0.15) is 17.7 Å². The Bertz CT molecular complexity index is 349. The molecule has 2 aromatic carbocycles. The van der Waals surface area contributed by atoms with Gasteiger partial charge in [0.25, 0.3) is 0 Å². The average Bonchev–Trinajstić information content (AvgIpc) is 3.00. The topological polar surface area (TPSA) is 0 Å². The summed E-state index contributed by atoms with van der Waals surface area (Å²) in [5, 5.41) is 0. The van der Waals surface area contributed by atoms with E-state index in [-0.39, 0.29) is 17.1 Å². The van der Waals surface area contributed by atoms with Gasteiger partial charge in [-0.25, -0.2) is 25.0 Å². The molecule has 2 aromatic rings. The zero-order chi connectivity index (χ0) is 11.8. The van der Waals surface area contributed by atoms with Crippen LogP contribution >= 0.6 is 0 Å². The summed E-state index contributed by atoms with van der Waals surface area (Å²) in [6.07, 6.45) is 3.49. The van der Waals surface area contributed by atoms with Crippen molar-refractivity contribution in [1.82, 2.24) is 0 Å². The van der Waals surface area contributed by atoms with Crippen LogP contribution in [-0.4, -0.2) is 0 Å². The molecule has 0 saturated heterocycles. The molecule has 0 nitrogen and oxygen atoms in total. The molecule has 0 saturated carbocycles. The summed E-state index contributed by atoms with van der Waals surface area (Å²) in [4.78, 5) is 0. The van der Waals surface area contributed by atoms with E-state index in [1.54, 1.807) is 0 Å². The summed E-state index contributed by atoms with van der Waals surface area (Å²) in [6, 6.07) is 15.1. The fourth-order valence-corrected chi connectivity index (χ4v) is 1.64. The third-order valence-electron chi connectivity index (χ3n) is 2.84. The molecule has 0 aromatic heterocycles. The molecule has 0 radical (unpaired) electrons. The molecular weight excluding hydrogens is 248 g/mol. The van der Waals surface area contributed by atoms with E-state index in [4.69, 9.17) is 0 Å². The van der Waals surface area contributed by atoms with Crippen LogP contribution in [0.25, 0.3) is 0 Å². The molecule has 0 amide bonds. The van der Waals surface area contributed by atoms with Gasteiger partial charge < -0.3 is 29.3 Å². The number of hydrogen-bond donors (Lipinski definition) is 0. The average molecular weight is 270 g/mol. The first-order chi connectivity index (χ1) is 7.80. The first kappa shape index (κ1) is 16.2. The van der Waals surface area contributed by atoms with Crippen molar-refractivity contribution in [3.63, 3.8) is 0 Å². The third kappa shape index (κ3) is 5.91. The summed E-state index contributed by atoms with van der Waals surface area (Å²) >= 11 is 0. The van der Waals surface area contributed by atoms with Gasteiger partial charge in [0.15, 0.2) is 0 Å². The molecule has 0 spiro atoms. The molecule has 1 heteroatoms. The van der Waals surface area contributed by atoms with E-state index in [0.717, 1.165) is 6.42 Å². The van der Waals surface area contributed by atoms with Gasteiger partial charge in [0.2, 0.25) is 0 Å². The van der Waals surface area contributed by atoms with Gasteiger partial charge >= 0.3 is 0 Å². The smallest absolute Gasteiger partial charge is 0 e. The van der Waals surface area contributed by atoms with Gasteiger partial charge in [0, 0.05) is 17.1 Å². The van der Waals surface area contributed by atoms with Crippen LogP contribution in [0.4, 0.5) is 0 Å². The van der Waals surface area contributed by atoms with Crippen LogP contribution < -0.4 is 0 Å². The summed E-state index contributed by atoms with van der Waals surface area (Å²) in [6.45, 7) is 6.54. The van der Waals surface area contributed by atoms with Crippen LogP contribution in [0, 0.1) is 0 Å². The molecule has 0 heterocycles. The molecule has 0 aliphatic carbocycles. The maximum atomic E-state index is 2.28. The maximum Gasteiger partial charge on any atom is 0 e. The third-order valence-corrected chi connectivity index (χ3v) is 2.84. The van der Waals surface area contributed by atoms with Gasteiger partial charge in [-0.05, 0) is 0 Å². The predicted octanol–water partition coefficient (Wildman–Crippen LogP) is 4.50. The van der Waals surface area contributed by atoms with Crippen LogP contribution in [-0.2, 0) is 36.3 Å². The molecule has 0 N–H and O–H groups in total. The Labute approximate surface area is 116 Å². The zero-order valence-electron chi connectivity index (χ0n) is 11.0. The Morgan fingerprint density at radius 2 is 1.29 bits per heavy atom. The fourth-order valence-electron chi connectivity index (χ4n) is 1.64. The van der Waals surface area contributed by atoms with Crippen molar-refractivity contribution >= 4 is 0 Å². The van der Waals surface area contributed by atoms with Crippen molar-refractivity contribution in [2.45, 2.75) is 40.0 Å². The Hall–Kier alpha value is -0.781. The molecule has 17 heavy (non-hydrogen) atoms. The van der Waals surface area contributed by atoms with Crippen LogP contribution in [0.5, 0.6) is 0 Å². The van der Waals surface area contributed by atoms with Crippen molar-refractivity contribution in [3.05, 3.63) is 59.2 Å². The second kappa shape index (κ2) is 9.27. The summed E-state index contributed by atoms with van der Waals surface area (Å²) in [5.74, 6) is 0.